The highest BCUT2D eigenvalue weighted by Crippen LogP contribution is 2.35. The molecule has 1 saturated heterocycles. The number of ether oxygens (including phenoxy) is 1. The molecule has 1 aliphatic heterocycles. The van der Waals surface area contributed by atoms with E-state index in [1.54, 1.807) is 0 Å². The number of aromatic carboxylic acids is 1. The summed E-state index contributed by atoms with van der Waals surface area (Å²) in [5.41, 5.74) is -0.0725. The van der Waals surface area contributed by atoms with Crippen LogP contribution in [-0.2, 0) is 16.8 Å². The van der Waals surface area contributed by atoms with E-state index in [4.69, 9.17) is 14.3 Å². The zero-order valence-electron chi connectivity index (χ0n) is 9.45. The first-order chi connectivity index (χ1) is 7.57. The molecular formula is C11H15NO4. The number of carboxylic acid groups (broad SMARTS) is 1. The second-order valence-electron chi connectivity index (χ2n) is 4.14. The SMILES string of the molecule is CCc1nc(C2(C)CCCO2)oc1C(=O)O. The van der Waals surface area contributed by atoms with Crippen LogP contribution in [0.2, 0.25) is 0 Å². The molecule has 0 radical (unpaired) electrons. The molecular weight excluding hydrogens is 210 g/mol. The van der Waals surface area contributed by atoms with E-state index in [0.717, 1.165) is 12.8 Å². The van der Waals surface area contributed by atoms with Crippen LogP contribution in [0.3, 0.4) is 0 Å². The third kappa shape index (κ3) is 1.71. The fraction of sp³-hybridized carbons (Fsp3) is 0.636. The van der Waals surface area contributed by atoms with Gasteiger partial charge >= 0.3 is 5.97 Å². The predicted molar refractivity (Wildman–Crippen MR) is 55.4 cm³/mol. The Morgan fingerprint density at radius 3 is 2.81 bits per heavy atom. The summed E-state index contributed by atoms with van der Waals surface area (Å²) in [4.78, 5) is 15.2. The van der Waals surface area contributed by atoms with Crippen LogP contribution in [0.5, 0.6) is 0 Å². The van der Waals surface area contributed by atoms with E-state index in [1.165, 1.54) is 0 Å². The quantitative estimate of drug-likeness (QED) is 0.851. The normalized spacial score (nSPS) is 24.9. The Balaban J connectivity index is 2.39. The summed E-state index contributed by atoms with van der Waals surface area (Å²) in [7, 11) is 0. The monoisotopic (exact) mass is 225 g/mol. The molecule has 1 fully saturated rings. The van der Waals surface area contributed by atoms with E-state index in [0.29, 0.717) is 24.6 Å². The van der Waals surface area contributed by atoms with Crippen LogP contribution in [-0.4, -0.2) is 22.7 Å². The predicted octanol–water partition coefficient (Wildman–Crippen LogP) is 1.96. The molecule has 0 spiro atoms. The topological polar surface area (TPSA) is 72.6 Å². The van der Waals surface area contributed by atoms with Crippen molar-refractivity contribution in [2.75, 3.05) is 6.61 Å². The molecule has 0 amide bonds. The fourth-order valence-electron chi connectivity index (χ4n) is 1.93. The van der Waals surface area contributed by atoms with Crippen LogP contribution in [0.1, 0.15) is 48.8 Å². The molecule has 5 nitrogen and oxygen atoms in total. The summed E-state index contributed by atoms with van der Waals surface area (Å²) >= 11 is 0. The average molecular weight is 225 g/mol. The lowest BCUT2D eigenvalue weighted by Gasteiger charge is -2.18. The van der Waals surface area contributed by atoms with Crippen molar-refractivity contribution >= 4 is 5.97 Å². The standard InChI is InChI=1S/C11H15NO4/c1-3-7-8(9(13)14)16-10(12-7)11(2)5-4-6-15-11/h3-6H2,1-2H3,(H,13,14). The molecule has 0 aliphatic carbocycles. The van der Waals surface area contributed by atoms with E-state index in [9.17, 15) is 4.79 Å². The van der Waals surface area contributed by atoms with Crippen molar-refractivity contribution in [1.29, 1.82) is 0 Å². The van der Waals surface area contributed by atoms with Crippen molar-refractivity contribution in [1.82, 2.24) is 4.98 Å². The molecule has 16 heavy (non-hydrogen) atoms. The molecule has 0 saturated carbocycles. The Morgan fingerprint density at radius 2 is 2.38 bits per heavy atom. The molecule has 1 aromatic rings. The highest BCUT2D eigenvalue weighted by Gasteiger charge is 2.38. The molecule has 1 aromatic heterocycles. The van der Waals surface area contributed by atoms with Gasteiger partial charge < -0.3 is 14.3 Å². The van der Waals surface area contributed by atoms with E-state index < -0.39 is 11.6 Å². The van der Waals surface area contributed by atoms with Crippen molar-refractivity contribution < 1.29 is 19.1 Å². The molecule has 1 unspecified atom stereocenters. The summed E-state index contributed by atoms with van der Waals surface area (Å²) < 4.78 is 10.9. The van der Waals surface area contributed by atoms with Gasteiger partial charge in [0.05, 0.1) is 5.69 Å². The number of oxazole rings is 1. The number of carbonyl (C=O) groups is 1. The molecule has 0 bridgehead atoms. The maximum atomic E-state index is 10.9. The Labute approximate surface area is 93.4 Å². The van der Waals surface area contributed by atoms with Gasteiger partial charge in [0.2, 0.25) is 11.7 Å². The Morgan fingerprint density at radius 1 is 1.62 bits per heavy atom. The molecule has 1 atom stereocenters. The minimum atomic E-state index is -1.07. The van der Waals surface area contributed by atoms with Crippen molar-refractivity contribution in [2.45, 2.75) is 38.7 Å². The molecule has 88 valence electrons. The average Bonchev–Trinajstić information content (AvgIpc) is 2.83. The zero-order valence-corrected chi connectivity index (χ0v) is 9.45. The number of rotatable bonds is 3. The summed E-state index contributed by atoms with van der Waals surface area (Å²) in [6, 6.07) is 0. The number of aryl methyl sites for hydroxylation is 1. The van der Waals surface area contributed by atoms with E-state index in [2.05, 4.69) is 4.98 Å². The second kappa shape index (κ2) is 3.90. The summed E-state index contributed by atoms with van der Waals surface area (Å²) in [5, 5.41) is 8.96. The van der Waals surface area contributed by atoms with E-state index in [-0.39, 0.29) is 5.76 Å². The lowest BCUT2D eigenvalue weighted by Crippen LogP contribution is -2.20. The molecule has 2 heterocycles. The van der Waals surface area contributed by atoms with Gasteiger partial charge in [-0.05, 0) is 26.2 Å². The maximum absolute atomic E-state index is 10.9. The molecule has 1 N–H and O–H groups in total. The van der Waals surface area contributed by atoms with E-state index >= 15 is 0 Å². The van der Waals surface area contributed by atoms with Gasteiger partial charge in [0, 0.05) is 6.61 Å². The van der Waals surface area contributed by atoms with Crippen LogP contribution in [0.4, 0.5) is 0 Å². The van der Waals surface area contributed by atoms with Gasteiger partial charge in [-0.3, -0.25) is 0 Å². The summed E-state index contributed by atoms with van der Waals surface area (Å²) in [5.74, 6) is -0.745. The number of aromatic nitrogens is 1. The van der Waals surface area contributed by atoms with Crippen molar-refractivity contribution in [3.63, 3.8) is 0 Å². The van der Waals surface area contributed by atoms with Gasteiger partial charge in [-0.1, -0.05) is 6.92 Å². The molecule has 2 rings (SSSR count). The highest BCUT2D eigenvalue weighted by atomic mass is 16.5. The van der Waals surface area contributed by atoms with Crippen LogP contribution < -0.4 is 0 Å². The van der Waals surface area contributed by atoms with Gasteiger partial charge in [0.25, 0.3) is 0 Å². The summed E-state index contributed by atoms with van der Waals surface area (Å²) in [6.07, 6.45) is 2.31. The lowest BCUT2D eigenvalue weighted by atomic mass is 10.0. The number of nitrogens with zero attached hydrogens (tertiary/aromatic N) is 1. The molecule has 5 heteroatoms. The number of carboxylic acids is 1. The van der Waals surface area contributed by atoms with Gasteiger partial charge in [0.1, 0.15) is 5.60 Å². The summed E-state index contributed by atoms with van der Waals surface area (Å²) in [6.45, 7) is 4.41. The Kier molecular flexibility index (Phi) is 2.71. The third-order valence-corrected chi connectivity index (χ3v) is 2.90. The van der Waals surface area contributed by atoms with Gasteiger partial charge in [-0.2, -0.15) is 0 Å². The van der Waals surface area contributed by atoms with Crippen LogP contribution in [0.25, 0.3) is 0 Å². The minimum Gasteiger partial charge on any atom is -0.475 e. The number of hydrogen-bond acceptors (Lipinski definition) is 4. The number of hydrogen-bond donors (Lipinski definition) is 1. The first kappa shape index (κ1) is 11.1. The van der Waals surface area contributed by atoms with Crippen LogP contribution in [0, 0.1) is 0 Å². The van der Waals surface area contributed by atoms with Crippen molar-refractivity contribution in [2.24, 2.45) is 0 Å². The molecule has 0 aromatic carbocycles. The minimum absolute atomic E-state index is 0.0609. The Hall–Kier alpha value is -1.36. The van der Waals surface area contributed by atoms with Crippen LogP contribution in [0.15, 0.2) is 4.42 Å². The third-order valence-electron chi connectivity index (χ3n) is 2.90. The van der Waals surface area contributed by atoms with E-state index in [1.807, 2.05) is 13.8 Å². The van der Waals surface area contributed by atoms with Gasteiger partial charge in [-0.25, -0.2) is 9.78 Å². The van der Waals surface area contributed by atoms with Gasteiger partial charge in [-0.15, -0.1) is 0 Å². The lowest BCUT2D eigenvalue weighted by molar-refractivity contribution is -0.00630. The largest absolute Gasteiger partial charge is 0.475 e. The van der Waals surface area contributed by atoms with Crippen molar-refractivity contribution in [3.8, 4) is 0 Å². The van der Waals surface area contributed by atoms with Crippen molar-refractivity contribution in [3.05, 3.63) is 17.3 Å². The first-order valence-corrected chi connectivity index (χ1v) is 5.44. The second-order valence-corrected chi connectivity index (χ2v) is 4.14. The molecule has 1 aliphatic rings. The zero-order chi connectivity index (χ0) is 11.8. The first-order valence-electron chi connectivity index (χ1n) is 5.44. The van der Waals surface area contributed by atoms with Crippen LogP contribution >= 0.6 is 0 Å². The highest BCUT2D eigenvalue weighted by molar-refractivity contribution is 5.85. The smallest absolute Gasteiger partial charge is 0.373 e. The fourth-order valence-corrected chi connectivity index (χ4v) is 1.93. The van der Waals surface area contributed by atoms with Gasteiger partial charge in [0.15, 0.2) is 0 Å². The maximum Gasteiger partial charge on any atom is 0.373 e. The Bertz CT molecular complexity index is 404.